The second-order valence-corrected chi connectivity index (χ2v) is 8.07. The van der Waals surface area contributed by atoms with Gasteiger partial charge in [0.15, 0.2) is 0 Å². The van der Waals surface area contributed by atoms with Crippen LogP contribution in [0.15, 0.2) is 72.8 Å². The number of ether oxygens (including phenoxy) is 1. The predicted molar refractivity (Wildman–Crippen MR) is 118 cm³/mol. The van der Waals surface area contributed by atoms with Crippen LogP contribution in [-0.2, 0) is 10.3 Å². The smallest absolute Gasteiger partial charge is 0.411 e. The number of benzene rings is 3. The van der Waals surface area contributed by atoms with Crippen molar-refractivity contribution in [3.8, 4) is 11.1 Å². The number of hydrogen-bond donors (Lipinski definition) is 1. The van der Waals surface area contributed by atoms with E-state index in [1.165, 1.54) is 12.1 Å². The molecule has 2 atom stereocenters. The summed E-state index contributed by atoms with van der Waals surface area (Å²) in [5.41, 5.74) is 1.86. The van der Waals surface area contributed by atoms with E-state index in [0.717, 1.165) is 17.2 Å². The monoisotopic (exact) mass is 437 g/mol. The van der Waals surface area contributed by atoms with Crippen molar-refractivity contribution in [1.29, 1.82) is 0 Å². The van der Waals surface area contributed by atoms with Crippen molar-refractivity contribution < 1.29 is 23.4 Å². The van der Waals surface area contributed by atoms with Crippen LogP contribution in [0.3, 0.4) is 0 Å². The normalized spacial score (nSPS) is 19.5. The fourth-order valence-corrected chi connectivity index (χ4v) is 4.31. The number of aliphatic hydroxyl groups is 1. The van der Waals surface area contributed by atoms with Crippen LogP contribution in [0, 0.1) is 11.6 Å². The fourth-order valence-electron chi connectivity index (χ4n) is 4.31. The lowest BCUT2D eigenvalue weighted by molar-refractivity contribution is -0.0718. The molecule has 0 radical (unpaired) electrons. The number of carbonyl (C=O) groups excluding carboxylic acids is 1. The molecule has 1 amide bonds. The Labute approximate surface area is 186 Å². The number of cyclic esters (lactones) is 1. The Morgan fingerprint density at radius 2 is 1.78 bits per heavy atom. The first-order chi connectivity index (χ1) is 15.4. The van der Waals surface area contributed by atoms with Gasteiger partial charge in [-0.2, -0.15) is 0 Å². The topological polar surface area (TPSA) is 49.8 Å². The van der Waals surface area contributed by atoms with Gasteiger partial charge in [-0.3, -0.25) is 0 Å². The molecule has 4 nitrogen and oxygen atoms in total. The van der Waals surface area contributed by atoms with Crippen LogP contribution in [0.25, 0.3) is 11.1 Å². The van der Waals surface area contributed by atoms with E-state index >= 15 is 0 Å². The average Bonchev–Trinajstić information content (AvgIpc) is 2.80. The Bertz CT molecular complexity index is 1090. The molecule has 6 heteroatoms. The predicted octanol–water partition coefficient (Wildman–Crippen LogP) is 5.81. The highest BCUT2D eigenvalue weighted by molar-refractivity contribution is 5.70. The summed E-state index contributed by atoms with van der Waals surface area (Å²) >= 11 is 0. The first-order valence-electron chi connectivity index (χ1n) is 10.6. The molecule has 1 heterocycles. The van der Waals surface area contributed by atoms with Crippen LogP contribution in [0.5, 0.6) is 0 Å². The van der Waals surface area contributed by atoms with Crippen LogP contribution in [0.2, 0.25) is 0 Å². The minimum atomic E-state index is -0.840. The Morgan fingerprint density at radius 3 is 2.41 bits per heavy atom. The summed E-state index contributed by atoms with van der Waals surface area (Å²) in [5.74, 6) is -1.24. The van der Waals surface area contributed by atoms with Crippen LogP contribution in [-0.4, -0.2) is 29.3 Å². The van der Waals surface area contributed by atoms with Gasteiger partial charge in [0.05, 0.1) is 6.04 Å². The summed E-state index contributed by atoms with van der Waals surface area (Å²) in [7, 11) is 0. The third-order valence-electron chi connectivity index (χ3n) is 6.19. The standard InChI is InChI=1S/C26H25F2NO3/c1-18(19-7-9-20(10-8-19)23-12-11-22(27)17-24(23)28)29-15-13-26(14-16-30,32-25(29)31)21-5-3-2-4-6-21/h2-12,17-18,30H,13-16H2,1H3. The molecule has 1 fully saturated rings. The van der Waals surface area contributed by atoms with Crippen molar-refractivity contribution in [1.82, 2.24) is 4.90 Å². The van der Waals surface area contributed by atoms with Gasteiger partial charge in [-0.1, -0.05) is 54.6 Å². The molecule has 166 valence electrons. The third kappa shape index (κ3) is 4.23. The van der Waals surface area contributed by atoms with Gasteiger partial charge in [0, 0.05) is 37.6 Å². The molecular formula is C26H25F2NO3. The minimum absolute atomic E-state index is 0.0842. The Balaban J connectivity index is 1.52. The van der Waals surface area contributed by atoms with Crippen molar-refractivity contribution in [2.75, 3.05) is 13.2 Å². The molecule has 0 aromatic heterocycles. The zero-order valence-corrected chi connectivity index (χ0v) is 17.8. The van der Waals surface area contributed by atoms with Gasteiger partial charge in [-0.05, 0) is 35.7 Å². The second-order valence-electron chi connectivity index (χ2n) is 8.07. The Kier molecular flexibility index (Phi) is 6.24. The van der Waals surface area contributed by atoms with Crippen LogP contribution in [0.1, 0.15) is 36.9 Å². The molecule has 2 unspecified atom stereocenters. The number of rotatable bonds is 6. The molecule has 32 heavy (non-hydrogen) atoms. The van der Waals surface area contributed by atoms with E-state index in [4.69, 9.17) is 4.74 Å². The quantitative estimate of drug-likeness (QED) is 0.529. The maximum Gasteiger partial charge on any atom is 0.411 e. The summed E-state index contributed by atoms with van der Waals surface area (Å²) in [4.78, 5) is 14.6. The highest BCUT2D eigenvalue weighted by atomic mass is 19.1. The van der Waals surface area contributed by atoms with Crippen molar-refractivity contribution >= 4 is 6.09 Å². The molecule has 0 spiro atoms. The first kappa shape index (κ1) is 22.0. The summed E-state index contributed by atoms with van der Waals surface area (Å²) in [5, 5.41) is 9.59. The number of amides is 1. The largest absolute Gasteiger partial charge is 0.438 e. The van der Waals surface area contributed by atoms with Crippen LogP contribution >= 0.6 is 0 Å². The van der Waals surface area contributed by atoms with E-state index < -0.39 is 23.3 Å². The van der Waals surface area contributed by atoms with Crippen molar-refractivity contribution in [2.45, 2.75) is 31.4 Å². The molecule has 0 aliphatic carbocycles. The van der Waals surface area contributed by atoms with Gasteiger partial charge in [0.25, 0.3) is 0 Å². The van der Waals surface area contributed by atoms with Gasteiger partial charge in [0.1, 0.15) is 17.2 Å². The fraction of sp³-hybridized carbons (Fsp3) is 0.269. The molecule has 3 aromatic carbocycles. The summed E-state index contributed by atoms with van der Waals surface area (Å²) in [6.07, 6.45) is 0.463. The first-order valence-corrected chi connectivity index (χ1v) is 10.6. The van der Waals surface area contributed by atoms with Gasteiger partial charge in [-0.25, -0.2) is 13.6 Å². The van der Waals surface area contributed by atoms with Gasteiger partial charge in [-0.15, -0.1) is 0 Å². The second kappa shape index (κ2) is 9.09. The van der Waals surface area contributed by atoms with E-state index in [-0.39, 0.29) is 12.6 Å². The molecule has 1 saturated heterocycles. The molecule has 0 saturated carbocycles. The van der Waals surface area contributed by atoms with Gasteiger partial charge in [0.2, 0.25) is 0 Å². The molecule has 4 rings (SSSR count). The minimum Gasteiger partial charge on any atom is -0.438 e. The average molecular weight is 437 g/mol. The summed E-state index contributed by atoms with van der Waals surface area (Å²) in [6, 6.07) is 20.0. The van der Waals surface area contributed by atoms with Crippen LogP contribution in [0.4, 0.5) is 13.6 Å². The lowest BCUT2D eigenvalue weighted by Crippen LogP contribution is -2.49. The number of hydrogen-bond acceptors (Lipinski definition) is 3. The van der Waals surface area contributed by atoms with Crippen LogP contribution < -0.4 is 0 Å². The molecular weight excluding hydrogens is 412 g/mol. The van der Waals surface area contributed by atoms with E-state index in [0.29, 0.717) is 30.5 Å². The summed E-state index contributed by atoms with van der Waals surface area (Å²) in [6.45, 7) is 2.30. The van der Waals surface area contributed by atoms with Crippen molar-refractivity contribution in [2.24, 2.45) is 0 Å². The van der Waals surface area contributed by atoms with Gasteiger partial charge < -0.3 is 14.7 Å². The SMILES string of the molecule is CC(c1ccc(-c2ccc(F)cc2F)cc1)N1CCC(CCO)(c2ccccc2)OC1=O. The Morgan fingerprint density at radius 1 is 1.06 bits per heavy atom. The van der Waals surface area contributed by atoms with Crippen molar-refractivity contribution in [3.63, 3.8) is 0 Å². The molecule has 1 aliphatic heterocycles. The molecule has 0 bridgehead atoms. The van der Waals surface area contributed by atoms with Gasteiger partial charge >= 0.3 is 6.09 Å². The zero-order valence-electron chi connectivity index (χ0n) is 17.8. The number of carbonyl (C=O) groups is 1. The highest BCUT2D eigenvalue weighted by Crippen LogP contribution is 2.39. The lowest BCUT2D eigenvalue weighted by atomic mass is 9.85. The molecule has 1 N–H and O–H groups in total. The number of nitrogens with zero attached hydrogens (tertiary/aromatic N) is 1. The third-order valence-corrected chi connectivity index (χ3v) is 6.19. The zero-order chi connectivity index (χ0) is 22.7. The maximum absolute atomic E-state index is 14.1. The lowest BCUT2D eigenvalue weighted by Gasteiger charge is -2.43. The van der Waals surface area contributed by atoms with E-state index in [1.54, 1.807) is 17.0 Å². The maximum atomic E-state index is 14.1. The molecule has 3 aromatic rings. The van der Waals surface area contributed by atoms with E-state index in [9.17, 15) is 18.7 Å². The van der Waals surface area contributed by atoms with E-state index in [1.807, 2.05) is 49.4 Å². The highest BCUT2D eigenvalue weighted by Gasteiger charge is 2.43. The summed E-state index contributed by atoms with van der Waals surface area (Å²) < 4.78 is 33.2. The van der Waals surface area contributed by atoms with Crippen molar-refractivity contribution in [3.05, 3.63) is 95.6 Å². The number of aliphatic hydroxyl groups excluding tert-OH is 1. The molecule has 1 aliphatic rings. The number of halogens is 2. The van der Waals surface area contributed by atoms with E-state index in [2.05, 4.69) is 0 Å². The Hall–Kier alpha value is -3.25.